The second kappa shape index (κ2) is 6.89. The van der Waals surface area contributed by atoms with Crippen LogP contribution < -0.4 is 5.32 Å². The molecule has 6 nitrogen and oxygen atoms in total. The molecule has 2 aromatic heterocycles. The van der Waals surface area contributed by atoms with Crippen molar-refractivity contribution in [2.45, 2.75) is 6.92 Å². The van der Waals surface area contributed by atoms with Gasteiger partial charge in [0.15, 0.2) is 0 Å². The molecule has 0 atom stereocenters. The summed E-state index contributed by atoms with van der Waals surface area (Å²) in [6, 6.07) is 13.5. The van der Waals surface area contributed by atoms with E-state index in [2.05, 4.69) is 20.5 Å². The number of thiazole rings is 1. The van der Waals surface area contributed by atoms with Crippen LogP contribution in [-0.2, 0) is 4.79 Å². The molecule has 0 saturated heterocycles. The van der Waals surface area contributed by atoms with Gasteiger partial charge in [0, 0.05) is 17.3 Å². The van der Waals surface area contributed by atoms with Gasteiger partial charge in [-0.15, -0.1) is 21.5 Å². The number of nitrogens with one attached hydrogen (secondary N) is 1. The summed E-state index contributed by atoms with van der Waals surface area (Å²) in [6.45, 7) is 1.92. The molecule has 0 saturated carbocycles. The fourth-order valence-electron chi connectivity index (χ4n) is 2.47. The van der Waals surface area contributed by atoms with Gasteiger partial charge in [-0.1, -0.05) is 18.2 Å². The molecular weight excluding hydrogens is 348 g/mol. The Morgan fingerprint density at radius 2 is 2.12 bits per heavy atom. The summed E-state index contributed by atoms with van der Waals surface area (Å²) in [5.74, 6) is 0.181. The van der Waals surface area contributed by atoms with E-state index in [1.165, 1.54) is 12.5 Å². The third-order valence-electron chi connectivity index (χ3n) is 3.79. The summed E-state index contributed by atoms with van der Waals surface area (Å²) in [4.78, 5) is 16.8. The van der Waals surface area contributed by atoms with E-state index in [1.807, 2.05) is 49.4 Å². The first-order valence-corrected chi connectivity index (χ1v) is 8.72. The van der Waals surface area contributed by atoms with E-state index >= 15 is 0 Å². The van der Waals surface area contributed by atoms with Crippen LogP contribution in [0.4, 0.5) is 5.69 Å². The Labute approximate surface area is 153 Å². The molecule has 0 spiro atoms. The lowest BCUT2D eigenvalue weighted by molar-refractivity contribution is -0.111. The van der Waals surface area contributed by atoms with E-state index < -0.39 is 0 Å². The van der Waals surface area contributed by atoms with Gasteiger partial charge in [0.25, 0.3) is 0 Å². The molecule has 0 aliphatic rings. The minimum absolute atomic E-state index is 0.227. The molecule has 2 heterocycles. The van der Waals surface area contributed by atoms with Crippen molar-refractivity contribution in [2.24, 2.45) is 0 Å². The number of amides is 1. The molecule has 7 heteroatoms. The number of hydrogen-bond acceptors (Lipinski definition) is 6. The van der Waals surface area contributed by atoms with Crippen molar-refractivity contribution in [3.05, 3.63) is 65.5 Å². The highest BCUT2D eigenvalue weighted by Gasteiger charge is 2.08. The molecule has 0 fully saturated rings. The number of para-hydroxylation sites is 1. The van der Waals surface area contributed by atoms with Crippen LogP contribution in [0.15, 0.2) is 59.4 Å². The number of aromatic nitrogens is 3. The van der Waals surface area contributed by atoms with Gasteiger partial charge < -0.3 is 9.73 Å². The summed E-state index contributed by atoms with van der Waals surface area (Å²) in [5, 5.41) is 11.2. The minimum Gasteiger partial charge on any atom is -0.423 e. The molecule has 0 unspecified atom stereocenters. The van der Waals surface area contributed by atoms with E-state index in [0.717, 1.165) is 26.4 Å². The Kier molecular flexibility index (Phi) is 4.28. The number of fused-ring (bicyclic) bond motifs is 1. The Hall–Kier alpha value is -3.32. The quantitative estimate of drug-likeness (QED) is 0.547. The highest BCUT2D eigenvalue weighted by Crippen LogP contribution is 2.24. The van der Waals surface area contributed by atoms with Gasteiger partial charge in [0.1, 0.15) is 5.01 Å². The number of carbonyl (C=O) groups excluding carboxylic acids is 1. The molecule has 4 aromatic rings. The highest BCUT2D eigenvalue weighted by atomic mass is 32.1. The van der Waals surface area contributed by atoms with Gasteiger partial charge in [-0.3, -0.25) is 4.79 Å². The summed E-state index contributed by atoms with van der Waals surface area (Å²) < 4.78 is 6.29. The van der Waals surface area contributed by atoms with Crippen LogP contribution in [0.3, 0.4) is 0 Å². The molecule has 2 aromatic carbocycles. The van der Waals surface area contributed by atoms with E-state index in [1.54, 1.807) is 17.4 Å². The Morgan fingerprint density at radius 3 is 2.92 bits per heavy atom. The van der Waals surface area contributed by atoms with Crippen molar-refractivity contribution in [2.75, 3.05) is 5.32 Å². The van der Waals surface area contributed by atoms with Crippen LogP contribution in [0.5, 0.6) is 0 Å². The predicted octanol–water partition coefficient (Wildman–Crippen LogP) is 4.31. The van der Waals surface area contributed by atoms with Crippen molar-refractivity contribution in [1.82, 2.24) is 15.2 Å². The average Bonchev–Trinajstić information content (AvgIpc) is 3.31. The smallest absolute Gasteiger partial charge is 0.248 e. The van der Waals surface area contributed by atoms with Gasteiger partial charge in [-0.05, 0) is 42.8 Å². The highest BCUT2D eigenvalue weighted by molar-refractivity contribution is 7.19. The lowest BCUT2D eigenvalue weighted by Gasteiger charge is -2.07. The van der Waals surface area contributed by atoms with Crippen molar-refractivity contribution < 1.29 is 9.21 Å². The number of anilines is 1. The summed E-state index contributed by atoms with van der Waals surface area (Å²) in [7, 11) is 0. The van der Waals surface area contributed by atoms with E-state index in [9.17, 15) is 4.79 Å². The van der Waals surface area contributed by atoms with E-state index in [4.69, 9.17) is 4.42 Å². The molecule has 26 heavy (non-hydrogen) atoms. The molecule has 1 amide bonds. The Balaban J connectivity index is 1.51. The minimum atomic E-state index is -0.227. The number of hydrogen-bond donors (Lipinski definition) is 1. The second-order valence-electron chi connectivity index (χ2n) is 5.62. The van der Waals surface area contributed by atoms with Crippen LogP contribution >= 0.6 is 11.3 Å². The zero-order chi connectivity index (χ0) is 17.9. The summed E-state index contributed by atoms with van der Waals surface area (Å²) in [6.07, 6.45) is 4.47. The molecule has 0 aliphatic heterocycles. The van der Waals surface area contributed by atoms with Gasteiger partial charge in [-0.25, -0.2) is 4.98 Å². The monoisotopic (exact) mass is 362 g/mol. The van der Waals surface area contributed by atoms with E-state index in [-0.39, 0.29) is 5.91 Å². The van der Waals surface area contributed by atoms with Gasteiger partial charge >= 0.3 is 0 Å². The first-order valence-electron chi connectivity index (χ1n) is 7.91. The maximum Gasteiger partial charge on any atom is 0.248 e. The fraction of sp³-hybridized carbons (Fsp3) is 0.0526. The molecule has 0 radical (unpaired) electrons. The Morgan fingerprint density at radius 1 is 1.23 bits per heavy atom. The SMILES string of the molecule is Cc1ccc(-c2nnco2)cc1NC(=O)/C=C/c1nc2ccccc2s1. The number of aryl methyl sites for hydroxylation is 1. The first kappa shape index (κ1) is 16.2. The maximum atomic E-state index is 12.3. The van der Waals surface area contributed by atoms with Crippen LogP contribution in [0, 0.1) is 6.92 Å². The Bertz CT molecular complexity index is 1070. The lowest BCUT2D eigenvalue weighted by Crippen LogP contribution is -2.09. The van der Waals surface area contributed by atoms with Crippen molar-refractivity contribution >= 4 is 39.2 Å². The average molecular weight is 362 g/mol. The van der Waals surface area contributed by atoms with Crippen LogP contribution in [-0.4, -0.2) is 21.1 Å². The number of rotatable bonds is 4. The van der Waals surface area contributed by atoms with Crippen molar-refractivity contribution in [3.63, 3.8) is 0 Å². The fourth-order valence-corrected chi connectivity index (χ4v) is 3.34. The third-order valence-corrected chi connectivity index (χ3v) is 4.79. The summed E-state index contributed by atoms with van der Waals surface area (Å²) >= 11 is 1.54. The molecule has 0 bridgehead atoms. The zero-order valence-corrected chi connectivity index (χ0v) is 14.7. The number of nitrogens with zero attached hydrogens (tertiary/aromatic N) is 3. The standard InChI is InChI=1S/C19H14N4O2S/c1-12-6-7-13(19-23-20-11-25-19)10-15(12)21-17(24)8-9-18-22-14-4-2-3-5-16(14)26-18/h2-11H,1H3,(H,21,24)/b9-8+. The normalized spacial score (nSPS) is 11.3. The maximum absolute atomic E-state index is 12.3. The van der Waals surface area contributed by atoms with E-state index in [0.29, 0.717) is 11.6 Å². The predicted molar refractivity (Wildman–Crippen MR) is 102 cm³/mol. The van der Waals surface area contributed by atoms with Gasteiger partial charge in [0.2, 0.25) is 18.2 Å². The number of carbonyl (C=O) groups is 1. The second-order valence-corrected chi connectivity index (χ2v) is 6.68. The van der Waals surface area contributed by atoms with Crippen LogP contribution in [0.2, 0.25) is 0 Å². The molecule has 1 N–H and O–H groups in total. The molecule has 128 valence electrons. The molecular formula is C19H14N4O2S. The molecule has 4 rings (SSSR count). The van der Waals surface area contributed by atoms with Gasteiger partial charge in [-0.2, -0.15) is 0 Å². The van der Waals surface area contributed by atoms with Crippen LogP contribution in [0.25, 0.3) is 27.7 Å². The first-order chi connectivity index (χ1) is 12.7. The van der Waals surface area contributed by atoms with Gasteiger partial charge in [0.05, 0.1) is 10.2 Å². The zero-order valence-electron chi connectivity index (χ0n) is 13.8. The largest absolute Gasteiger partial charge is 0.423 e. The lowest BCUT2D eigenvalue weighted by atomic mass is 10.1. The summed E-state index contributed by atoms with van der Waals surface area (Å²) in [5.41, 5.74) is 3.31. The van der Waals surface area contributed by atoms with Crippen molar-refractivity contribution in [1.29, 1.82) is 0 Å². The van der Waals surface area contributed by atoms with Crippen LogP contribution in [0.1, 0.15) is 10.6 Å². The van der Waals surface area contributed by atoms with Crippen molar-refractivity contribution in [3.8, 4) is 11.5 Å². The topological polar surface area (TPSA) is 80.9 Å². The molecule has 0 aliphatic carbocycles. The number of benzene rings is 2. The third kappa shape index (κ3) is 3.38.